The van der Waals surface area contributed by atoms with Crippen LogP contribution in [0.2, 0.25) is 0 Å². The number of hydrogen-bond donors (Lipinski definition) is 2. The van der Waals surface area contributed by atoms with Crippen molar-refractivity contribution in [3.63, 3.8) is 0 Å². The molecule has 0 saturated carbocycles. The zero-order valence-corrected chi connectivity index (χ0v) is 14.2. The van der Waals surface area contributed by atoms with Gasteiger partial charge in [-0.1, -0.05) is 6.07 Å². The minimum Gasteiger partial charge on any atom is -0.493 e. The summed E-state index contributed by atoms with van der Waals surface area (Å²) in [6.45, 7) is 1.95. The summed E-state index contributed by atoms with van der Waals surface area (Å²) in [5.74, 6) is -0.249. The summed E-state index contributed by atoms with van der Waals surface area (Å²) in [5.41, 5.74) is 0.917. The summed E-state index contributed by atoms with van der Waals surface area (Å²) in [6.07, 6.45) is 0. The van der Waals surface area contributed by atoms with Crippen LogP contribution in [0.1, 0.15) is 5.56 Å². The molecule has 0 radical (unpaired) electrons. The fraction of sp³-hybridized carbons (Fsp3) is 0.500. The Morgan fingerprint density at radius 3 is 2.46 bits per heavy atom. The van der Waals surface area contributed by atoms with E-state index in [1.807, 2.05) is 6.07 Å². The van der Waals surface area contributed by atoms with Crippen molar-refractivity contribution in [2.75, 3.05) is 39.9 Å². The van der Waals surface area contributed by atoms with Gasteiger partial charge in [-0.2, -0.15) is 12.7 Å². The molecular formula is C14H21N3O6S. The Hall–Kier alpha value is -1.88. The van der Waals surface area contributed by atoms with Gasteiger partial charge in [0.05, 0.1) is 7.11 Å². The predicted octanol–water partition coefficient (Wildman–Crippen LogP) is -0.520. The molecule has 10 heteroatoms. The molecule has 0 amide bonds. The fourth-order valence-corrected chi connectivity index (χ4v) is 3.14. The number of carboxylic acid groups (broad SMARTS) is 1. The van der Waals surface area contributed by atoms with Gasteiger partial charge in [-0.05, 0) is 17.7 Å². The first kappa shape index (κ1) is 18.5. The van der Waals surface area contributed by atoms with Gasteiger partial charge in [-0.3, -0.25) is 4.90 Å². The molecule has 0 spiro atoms. The lowest BCUT2D eigenvalue weighted by Crippen LogP contribution is -2.50. The van der Waals surface area contributed by atoms with E-state index in [-0.39, 0.29) is 0 Å². The smallest absolute Gasteiger partial charge is 0.341 e. The highest BCUT2D eigenvalue weighted by molar-refractivity contribution is 7.86. The predicted molar refractivity (Wildman–Crippen MR) is 86.1 cm³/mol. The van der Waals surface area contributed by atoms with Gasteiger partial charge in [-0.15, -0.1) is 0 Å². The lowest BCUT2D eigenvalue weighted by Gasteiger charge is -2.32. The topological polar surface area (TPSA) is 122 Å². The molecule has 134 valence electrons. The number of benzene rings is 1. The third-order valence-corrected chi connectivity index (χ3v) is 4.76. The van der Waals surface area contributed by atoms with E-state index in [9.17, 15) is 13.2 Å². The number of nitrogens with two attached hydrogens (primary N) is 1. The summed E-state index contributed by atoms with van der Waals surface area (Å²) >= 11 is 0. The monoisotopic (exact) mass is 359 g/mol. The van der Waals surface area contributed by atoms with Gasteiger partial charge in [0, 0.05) is 32.7 Å². The van der Waals surface area contributed by atoms with E-state index in [2.05, 4.69) is 4.90 Å². The molecule has 1 aromatic rings. The van der Waals surface area contributed by atoms with Gasteiger partial charge in [0.2, 0.25) is 0 Å². The Kier molecular flexibility index (Phi) is 5.99. The van der Waals surface area contributed by atoms with Crippen LogP contribution in [0.25, 0.3) is 0 Å². The van der Waals surface area contributed by atoms with Crippen LogP contribution in [0, 0.1) is 0 Å². The summed E-state index contributed by atoms with van der Waals surface area (Å²) in [5, 5.41) is 13.8. The summed E-state index contributed by atoms with van der Waals surface area (Å²) in [6, 6.07) is 5.31. The van der Waals surface area contributed by atoms with Crippen molar-refractivity contribution in [3.8, 4) is 11.5 Å². The first-order chi connectivity index (χ1) is 11.3. The van der Waals surface area contributed by atoms with Crippen LogP contribution in [0.5, 0.6) is 11.5 Å². The third-order valence-electron chi connectivity index (χ3n) is 3.68. The highest BCUT2D eigenvalue weighted by Gasteiger charge is 2.24. The number of ether oxygens (including phenoxy) is 2. The molecule has 0 bridgehead atoms. The Labute approximate surface area is 140 Å². The minimum absolute atomic E-state index is 0.345. The molecule has 0 atom stereocenters. The summed E-state index contributed by atoms with van der Waals surface area (Å²) in [4.78, 5) is 12.7. The van der Waals surface area contributed by atoms with Crippen molar-refractivity contribution in [1.82, 2.24) is 9.21 Å². The normalized spacial score (nSPS) is 16.8. The molecule has 9 nitrogen and oxygen atoms in total. The average Bonchev–Trinajstić information content (AvgIpc) is 2.52. The minimum atomic E-state index is -3.64. The van der Waals surface area contributed by atoms with Gasteiger partial charge in [0.15, 0.2) is 18.1 Å². The maximum Gasteiger partial charge on any atom is 0.341 e. The number of methoxy groups -OCH3 is 1. The number of carbonyl (C=O) groups is 1. The van der Waals surface area contributed by atoms with Crippen LogP contribution in [0.4, 0.5) is 0 Å². The van der Waals surface area contributed by atoms with Crippen LogP contribution in [-0.2, 0) is 21.5 Å². The lowest BCUT2D eigenvalue weighted by atomic mass is 10.1. The quantitative estimate of drug-likeness (QED) is 0.671. The second kappa shape index (κ2) is 7.79. The second-order valence-corrected chi connectivity index (χ2v) is 6.93. The van der Waals surface area contributed by atoms with Crippen molar-refractivity contribution < 1.29 is 27.8 Å². The number of carboxylic acids is 1. The SMILES string of the molecule is COc1ccc(CN2CCN(S(N)(=O)=O)CC2)cc1OCC(=O)O. The van der Waals surface area contributed by atoms with Crippen LogP contribution in [0.15, 0.2) is 18.2 Å². The first-order valence-corrected chi connectivity index (χ1v) is 8.81. The van der Waals surface area contributed by atoms with E-state index in [1.165, 1.54) is 11.4 Å². The Balaban J connectivity index is 2.00. The number of rotatable bonds is 7. The first-order valence-electron chi connectivity index (χ1n) is 7.31. The van der Waals surface area contributed by atoms with Gasteiger partial charge >= 0.3 is 5.97 Å². The van der Waals surface area contributed by atoms with Gasteiger partial charge < -0.3 is 14.6 Å². The maximum absolute atomic E-state index is 11.3. The second-order valence-electron chi connectivity index (χ2n) is 5.39. The maximum atomic E-state index is 11.3. The molecule has 1 heterocycles. The standard InChI is InChI=1S/C14H21N3O6S/c1-22-12-3-2-11(8-13(12)23-10-14(18)19)9-16-4-6-17(7-5-16)24(15,20)21/h2-3,8H,4-7,9-10H2,1H3,(H,18,19)(H2,15,20,21). The van der Waals surface area contributed by atoms with E-state index >= 15 is 0 Å². The van der Waals surface area contributed by atoms with Crippen molar-refractivity contribution in [1.29, 1.82) is 0 Å². The van der Waals surface area contributed by atoms with Crippen LogP contribution in [-0.4, -0.2) is 68.6 Å². The summed E-state index contributed by atoms with van der Waals surface area (Å²) < 4.78 is 34.2. The molecule has 24 heavy (non-hydrogen) atoms. The van der Waals surface area contributed by atoms with Crippen molar-refractivity contribution in [3.05, 3.63) is 23.8 Å². The average molecular weight is 359 g/mol. The molecule has 1 saturated heterocycles. The van der Waals surface area contributed by atoms with Gasteiger partial charge in [0.25, 0.3) is 10.2 Å². The van der Waals surface area contributed by atoms with Crippen molar-refractivity contribution in [2.45, 2.75) is 6.54 Å². The largest absolute Gasteiger partial charge is 0.493 e. The lowest BCUT2D eigenvalue weighted by molar-refractivity contribution is -0.139. The van der Waals surface area contributed by atoms with Crippen molar-refractivity contribution in [2.24, 2.45) is 5.14 Å². The molecule has 0 aliphatic carbocycles. The number of piperazine rings is 1. The number of nitrogens with zero attached hydrogens (tertiary/aromatic N) is 2. The molecule has 1 aliphatic heterocycles. The van der Waals surface area contributed by atoms with E-state index in [0.717, 1.165) is 5.56 Å². The molecule has 1 aliphatic rings. The van der Waals surface area contributed by atoms with E-state index in [0.29, 0.717) is 44.2 Å². The highest BCUT2D eigenvalue weighted by atomic mass is 32.2. The Morgan fingerprint density at radius 1 is 1.25 bits per heavy atom. The van der Waals surface area contributed by atoms with Crippen molar-refractivity contribution >= 4 is 16.2 Å². The zero-order chi connectivity index (χ0) is 17.7. The van der Waals surface area contributed by atoms with E-state index < -0.39 is 22.8 Å². The van der Waals surface area contributed by atoms with E-state index in [1.54, 1.807) is 12.1 Å². The third kappa shape index (κ3) is 5.06. The molecule has 2 rings (SSSR count). The molecule has 1 fully saturated rings. The molecule has 3 N–H and O–H groups in total. The zero-order valence-electron chi connectivity index (χ0n) is 13.3. The van der Waals surface area contributed by atoms with Crippen LogP contribution in [0.3, 0.4) is 0 Å². The Bertz CT molecular complexity index is 686. The molecule has 0 aromatic heterocycles. The fourth-order valence-electron chi connectivity index (χ4n) is 2.47. The van der Waals surface area contributed by atoms with Gasteiger partial charge in [-0.25, -0.2) is 9.93 Å². The molecule has 1 aromatic carbocycles. The molecule has 0 unspecified atom stereocenters. The molecular weight excluding hydrogens is 338 g/mol. The van der Waals surface area contributed by atoms with E-state index in [4.69, 9.17) is 19.7 Å². The van der Waals surface area contributed by atoms with Gasteiger partial charge in [0.1, 0.15) is 0 Å². The van der Waals surface area contributed by atoms with Crippen LogP contribution < -0.4 is 14.6 Å². The van der Waals surface area contributed by atoms with Crippen LogP contribution >= 0.6 is 0 Å². The highest BCUT2D eigenvalue weighted by Crippen LogP contribution is 2.28. The number of hydrogen-bond acceptors (Lipinski definition) is 6. The summed E-state index contributed by atoms with van der Waals surface area (Å²) in [7, 11) is -2.16. The Morgan fingerprint density at radius 2 is 1.92 bits per heavy atom. The number of aliphatic carboxylic acids is 1.